The third-order valence-electron chi connectivity index (χ3n) is 5.54. The maximum atomic E-state index is 6.06. The van der Waals surface area contributed by atoms with E-state index in [9.17, 15) is 0 Å². The first kappa shape index (κ1) is 15.1. The molecule has 0 spiro atoms. The minimum atomic E-state index is 0.192. The minimum absolute atomic E-state index is 0.192. The van der Waals surface area contributed by atoms with Crippen molar-refractivity contribution < 1.29 is 4.74 Å². The molecule has 3 fully saturated rings. The van der Waals surface area contributed by atoms with Crippen LogP contribution in [0.3, 0.4) is 0 Å². The molecule has 0 radical (unpaired) electrons. The lowest BCUT2D eigenvalue weighted by Gasteiger charge is -2.43. The van der Waals surface area contributed by atoms with E-state index in [4.69, 9.17) is 10.5 Å². The number of nitrogens with zero attached hydrogens (tertiary/aromatic N) is 2. The van der Waals surface area contributed by atoms with E-state index < -0.39 is 0 Å². The first-order chi connectivity index (χ1) is 10.3. The van der Waals surface area contributed by atoms with E-state index >= 15 is 0 Å². The second-order valence-corrected chi connectivity index (χ2v) is 6.91. The quantitative estimate of drug-likeness (QED) is 0.593. The number of rotatable bonds is 5. The highest BCUT2D eigenvalue weighted by molar-refractivity contribution is 5.77. The van der Waals surface area contributed by atoms with Crippen LogP contribution in [0.4, 0.5) is 0 Å². The van der Waals surface area contributed by atoms with Gasteiger partial charge in [-0.15, -0.1) is 0 Å². The van der Waals surface area contributed by atoms with Gasteiger partial charge in [-0.25, -0.2) is 0 Å². The Morgan fingerprint density at radius 1 is 1.19 bits per heavy atom. The predicted octanol–water partition coefficient (Wildman–Crippen LogP) is 1.34. The Labute approximate surface area is 128 Å². The van der Waals surface area contributed by atoms with Crippen molar-refractivity contribution in [2.45, 2.75) is 50.5 Å². The summed E-state index contributed by atoms with van der Waals surface area (Å²) in [5.74, 6) is 1.45. The van der Waals surface area contributed by atoms with E-state index in [1.165, 1.54) is 45.2 Å². The maximum absolute atomic E-state index is 6.06. The summed E-state index contributed by atoms with van der Waals surface area (Å²) in [5, 5.41) is 3.31. The molecule has 1 saturated carbocycles. The number of guanidine groups is 1. The molecule has 0 aromatic heterocycles. The van der Waals surface area contributed by atoms with Gasteiger partial charge in [0.15, 0.2) is 5.96 Å². The van der Waals surface area contributed by atoms with Crippen molar-refractivity contribution >= 4 is 5.96 Å². The highest BCUT2D eigenvalue weighted by Crippen LogP contribution is 2.31. The molecule has 3 rings (SSSR count). The van der Waals surface area contributed by atoms with Gasteiger partial charge >= 0.3 is 0 Å². The van der Waals surface area contributed by atoms with Gasteiger partial charge in [-0.2, -0.15) is 0 Å². The van der Waals surface area contributed by atoms with Gasteiger partial charge in [0.05, 0.1) is 6.54 Å². The van der Waals surface area contributed by atoms with E-state index in [0.29, 0.717) is 5.96 Å². The zero-order valence-corrected chi connectivity index (χ0v) is 13.1. The number of aliphatic imine (C=N–C) groups is 1. The molecule has 0 aromatic rings. The lowest BCUT2D eigenvalue weighted by molar-refractivity contribution is -0.0138. The SMILES string of the molecule is NC(=NCC1(N2CCCC2)CCOCC1)NCC1CCC1. The van der Waals surface area contributed by atoms with Crippen LogP contribution in [-0.2, 0) is 4.74 Å². The Hall–Kier alpha value is -0.810. The summed E-state index contributed by atoms with van der Waals surface area (Å²) in [6.45, 7) is 5.97. The van der Waals surface area contributed by atoms with Crippen LogP contribution < -0.4 is 11.1 Å². The van der Waals surface area contributed by atoms with Crippen LogP contribution in [0.15, 0.2) is 4.99 Å². The molecular formula is C16H30N4O. The molecule has 0 aromatic carbocycles. The molecule has 3 N–H and O–H groups in total. The molecule has 1 aliphatic carbocycles. The molecule has 0 unspecified atom stereocenters. The van der Waals surface area contributed by atoms with Gasteiger partial charge in [-0.3, -0.25) is 9.89 Å². The van der Waals surface area contributed by atoms with Crippen molar-refractivity contribution in [3.8, 4) is 0 Å². The monoisotopic (exact) mass is 294 g/mol. The molecule has 3 aliphatic rings. The number of hydrogen-bond donors (Lipinski definition) is 2. The molecule has 0 atom stereocenters. The van der Waals surface area contributed by atoms with Gasteiger partial charge in [0.1, 0.15) is 0 Å². The largest absolute Gasteiger partial charge is 0.381 e. The van der Waals surface area contributed by atoms with Gasteiger partial charge in [0, 0.05) is 25.3 Å². The Morgan fingerprint density at radius 3 is 2.52 bits per heavy atom. The molecule has 0 bridgehead atoms. The fourth-order valence-corrected chi connectivity index (χ4v) is 3.75. The third kappa shape index (κ3) is 3.69. The maximum Gasteiger partial charge on any atom is 0.188 e. The van der Waals surface area contributed by atoms with E-state index in [-0.39, 0.29) is 5.54 Å². The topological polar surface area (TPSA) is 62.9 Å². The Bertz CT molecular complexity index is 355. The highest BCUT2D eigenvalue weighted by Gasteiger charge is 2.39. The predicted molar refractivity (Wildman–Crippen MR) is 85.4 cm³/mol. The molecule has 2 heterocycles. The van der Waals surface area contributed by atoms with E-state index in [0.717, 1.165) is 45.1 Å². The van der Waals surface area contributed by atoms with Crippen LogP contribution in [0.2, 0.25) is 0 Å². The second kappa shape index (κ2) is 6.97. The molecule has 2 aliphatic heterocycles. The third-order valence-corrected chi connectivity index (χ3v) is 5.54. The zero-order chi connectivity index (χ0) is 14.5. The van der Waals surface area contributed by atoms with Gasteiger partial charge in [-0.1, -0.05) is 6.42 Å². The number of nitrogens with two attached hydrogens (primary N) is 1. The summed E-state index contributed by atoms with van der Waals surface area (Å²) in [5.41, 5.74) is 6.26. The molecule has 120 valence electrons. The molecule has 5 nitrogen and oxygen atoms in total. The van der Waals surface area contributed by atoms with Gasteiger partial charge in [-0.05, 0) is 57.5 Å². The summed E-state index contributed by atoms with van der Waals surface area (Å²) in [6.07, 6.45) is 8.88. The Morgan fingerprint density at radius 2 is 1.90 bits per heavy atom. The summed E-state index contributed by atoms with van der Waals surface area (Å²) in [6, 6.07) is 0. The first-order valence-corrected chi connectivity index (χ1v) is 8.65. The summed E-state index contributed by atoms with van der Waals surface area (Å²) < 4.78 is 5.57. The van der Waals surface area contributed by atoms with E-state index in [2.05, 4.69) is 15.2 Å². The Balaban J connectivity index is 1.55. The van der Waals surface area contributed by atoms with Crippen molar-refractivity contribution in [1.29, 1.82) is 0 Å². The second-order valence-electron chi connectivity index (χ2n) is 6.91. The van der Waals surface area contributed by atoms with Crippen LogP contribution in [0, 0.1) is 5.92 Å². The smallest absolute Gasteiger partial charge is 0.188 e. The van der Waals surface area contributed by atoms with Crippen LogP contribution in [0.25, 0.3) is 0 Å². The summed E-state index contributed by atoms with van der Waals surface area (Å²) in [7, 11) is 0. The average Bonchev–Trinajstić information content (AvgIpc) is 2.99. The molecular weight excluding hydrogens is 264 g/mol. The van der Waals surface area contributed by atoms with Gasteiger partial charge < -0.3 is 15.8 Å². The van der Waals surface area contributed by atoms with Crippen LogP contribution in [0.5, 0.6) is 0 Å². The first-order valence-electron chi connectivity index (χ1n) is 8.65. The van der Waals surface area contributed by atoms with Crippen molar-refractivity contribution in [3.63, 3.8) is 0 Å². The van der Waals surface area contributed by atoms with Gasteiger partial charge in [0.25, 0.3) is 0 Å². The minimum Gasteiger partial charge on any atom is -0.381 e. The van der Waals surface area contributed by atoms with Crippen molar-refractivity contribution in [1.82, 2.24) is 10.2 Å². The van der Waals surface area contributed by atoms with E-state index in [1.54, 1.807) is 0 Å². The average molecular weight is 294 g/mol. The molecule has 5 heteroatoms. The number of likely N-dealkylation sites (tertiary alicyclic amines) is 1. The van der Waals surface area contributed by atoms with Crippen LogP contribution in [-0.4, -0.2) is 55.8 Å². The Kier molecular flexibility index (Phi) is 5.01. The molecule has 2 saturated heterocycles. The fraction of sp³-hybridized carbons (Fsp3) is 0.938. The molecule has 0 amide bonds. The highest BCUT2D eigenvalue weighted by atomic mass is 16.5. The van der Waals surface area contributed by atoms with Crippen LogP contribution >= 0.6 is 0 Å². The number of ether oxygens (including phenoxy) is 1. The zero-order valence-electron chi connectivity index (χ0n) is 13.1. The normalized spacial score (nSPS) is 27.5. The van der Waals surface area contributed by atoms with Crippen molar-refractivity contribution in [2.75, 3.05) is 39.4 Å². The van der Waals surface area contributed by atoms with Crippen molar-refractivity contribution in [2.24, 2.45) is 16.6 Å². The summed E-state index contributed by atoms with van der Waals surface area (Å²) in [4.78, 5) is 7.32. The summed E-state index contributed by atoms with van der Waals surface area (Å²) >= 11 is 0. The van der Waals surface area contributed by atoms with Gasteiger partial charge in [0.2, 0.25) is 0 Å². The molecule has 21 heavy (non-hydrogen) atoms. The van der Waals surface area contributed by atoms with E-state index in [1.807, 2.05) is 0 Å². The van der Waals surface area contributed by atoms with Crippen molar-refractivity contribution in [3.05, 3.63) is 0 Å². The lowest BCUT2D eigenvalue weighted by Crippen LogP contribution is -2.53. The van der Waals surface area contributed by atoms with Crippen LogP contribution in [0.1, 0.15) is 44.9 Å². The lowest BCUT2D eigenvalue weighted by atomic mass is 9.85. The standard InChI is InChI=1S/C16H30N4O/c17-15(18-12-14-4-3-5-14)19-13-16(6-10-21-11-7-16)20-8-1-2-9-20/h14H,1-13H2,(H3,17,18,19). The number of nitrogens with one attached hydrogen (secondary N) is 1. The fourth-order valence-electron chi connectivity index (χ4n) is 3.75. The number of hydrogen-bond acceptors (Lipinski definition) is 3.